The van der Waals surface area contributed by atoms with Crippen molar-refractivity contribution in [2.45, 2.75) is 46.2 Å². The predicted molar refractivity (Wildman–Crippen MR) is 108 cm³/mol. The molecule has 0 spiro atoms. The molecule has 2 aromatic rings. The minimum atomic E-state index is -4.87. The van der Waals surface area contributed by atoms with E-state index in [-0.39, 0.29) is 34.2 Å². The zero-order chi connectivity index (χ0) is 23.2. The number of rotatable bonds is 5. The first-order valence-electron chi connectivity index (χ1n) is 9.32. The van der Waals surface area contributed by atoms with E-state index in [9.17, 15) is 18.0 Å². The molecule has 0 atom stereocenters. The van der Waals surface area contributed by atoms with Crippen LogP contribution in [0.2, 0.25) is 5.28 Å². The molecule has 1 aliphatic carbocycles. The number of aromatic nitrogens is 2. The SMILES string of the molecule is CC1(C)C(NC(=O)c2cnc(Cl)nc2)C(C)(C)C1Oc1ccc(N)c(OC(F)(F)F)c1. The fourth-order valence-corrected chi connectivity index (χ4v) is 4.48. The van der Waals surface area contributed by atoms with Crippen LogP contribution < -0.4 is 20.5 Å². The Morgan fingerprint density at radius 3 is 2.29 bits per heavy atom. The van der Waals surface area contributed by atoms with Crippen molar-refractivity contribution < 1.29 is 27.4 Å². The molecule has 1 amide bonds. The predicted octanol–water partition coefficient (Wildman–Crippen LogP) is 4.22. The molecule has 1 aliphatic rings. The summed E-state index contributed by atoms with van der Waals surface area (Å²) >= 11 is 5.65. The van der Waals surface area contributed by atoms with Gasteiger partial charge < -0.3 is 20.5 Å². The molecule has 3 rings (SSSR count). The van der Waals surface area contributed by atoms with Gasteiger partial charge in [-0.15, -0.1) is 13.2 Å². The van der Waals surface area contributed by atoms with E-state index in [1.807, 2.05) is 27.7 Å². The van der Waals surface area contributed by atoms with Crippen LogP contribution in [0.15, 0.2) is 30.6 Å². The summed E-state index contributed by atoms with van der Waals surface area (Å²) in [5.41, 5.74) is 4.59. The number of nitrogens with zero attached hydrogens (tertiary/aromatic N) is 2. The summed E-state index contributed by atoms with van der Waals surface area (Å²) in [6.45, 7) is 7.60. The topological polar surface area (TPSA) is 99.4 Å². The van der Waals surface area contributed by atoms with Gasteiger partial charge in [0, 0.05) is 35.3 Å². The highest BCUT2D eigenvalue weighted by molar-refractivity contribution is 6.28. The lowest BCUT2D eigenvalue weighted by Gasteiger charge is -2.63. The number of carbonyl (C=O) groups is 1. The summed E-state index contributed by atoms with van der Waals surface area (Å²) in [4.78, 5) is 20.2. The van der Waals surface area contributed by atoms with Crippen molar-refractivity contribution in [2.24, 2.45) is 10.8 Å². The molecule has 0 unspecified atom stereocenters. The second-order valence-corrected chi connectivity index (χ2v) is 8.87. The molecule has 1 aromatic carbocycles. The van der Waals surface area contributed by atoms with Crippen LogP contribution in [0.25, 0.3) is 0 Å². The zero-order valence-electron chi connectivity index (χ0n) is 17.2. The molecule has 31 heavy (non-hydrogen) atoms. The molecule has 11 heteroatoms. The first-order chi connectivity index (χ1) is 14.2. The van der Waals surface area contributed by atoms with E-state index >= 15 is 0 Å². The lowest BCUT2D eigenvalue weighted by atomic mass is 9.49. The summed E-state index contributed by atoms with van der Waals surface area (Å²) in [5, 5.41) is 3.00. The van der Waals surface area contributed by atoms with Crippen LogP contribution in [0.3, 0.4) is 0 Å². The number of hydrogen-bond donors (Lipinski definition) is 2. The molecule has 0 radical (unpaired) electrons. The monoisotopic (exact) mass is 458 g/mol. The number of nitrogen functional groups attached to an aromatic ring is 1. The summed E-state index contributed by atoms with van der Waals surface area (Å²) < 4.78 is 47.8. The van der Waals surface area contributed by atoms with E-state index in [0.717, 1.165) is 6.07 Å². The third-order valence-electron chi connectivity index (χ3n) is 5.46. The number of hydrogen-bond acceptors (Lipinski definition) is 6. The Morgan fingerprint density at radius 1 is 1.16 bits per heavy atom. The fraction of sp³-hybridized carbons (Fsp3) is 0.450. The molecular formula is C20H22ClF3N4O3. The van der Waals surface area contributed by atoms with Crippen LogP contribution in [0.5, 0.6) is 11.5 Å². The summed E-state index contributed by atoms with van der Waals surface area (Å²) in [7, 11) is 0. The van der Waals surface area contributed by atoms with Crippen LogP contribution in [-0.4, -0.2) is 34.4 Å². The van der Waals surface area contributed by atoms with Gasteiger partial charge in [-0.2, -0.15) is 0 Å². The number of alkyl halides is 3. The molecule has 1 heterocycles. The highest BCUT2D eigenvalue weighted by atomic mass is 35.5. The normalized spacial score (nSPS) is 21.7. The smallest absolute Gasteiger partial charge is 0.489 e. The molecule has 0 aliphatic heterocycles. The largest absolute Gasteiger partial charge is 0.573 e. The first kappa shape index (κ1) is 22.9. The third kappa shape index (κ3) is 4.63. The number of anilines is 1. The minimum Gasteiger partial charge on any atom is -0.489 e. The Balaban J connectivity index is 1.76. The maximum absolute atomic E-state index is 12.6. The molecular weight excluding hydrogens is 437 g/mol. The second-order valence-electron chi connectivity index (χ2n) is 8.54. The van der Waals surface area contributed by atoms with Crippen LogP contribution >= 0.6 is 11.6 Å². The van der Waals surface area contributed by atoms with Gasteiger partial charge in [0.2, 0.25) is 5.28 Å². The van der Waals surface area contributed by atoms with Crippen molar-refractivity contribution >= 4 is 23.2 Å². The number of halogens is 4. The molecule has 3 N–H and O–H groups in total. The van der Waals surface area contributed by atoms with Crippen molar-refractivity contribution in [3.63, 3.8) is 0 Å². The molecule has 1 fully saturated rings. The summed E-state index contributed by atoms with van der Waals surface area (Å²) in [6, 6.07) is 3.57. The van der Waals surface area contributed by atoms with E-state index in [1.165, 1.54) is 24.5 Å². The lowest BCUT2D eigenvalue weighted by molar-refractivity contribution is -0.274. The van der Waals surface area contributed by atoms with Crippen molar-refractivity contribution in [1.29, 1.82) is 0 Å². The highest BCUT2D eigenvalue weighted by Gasteiger charge is 2.64. The minimum absolute atomic E-state index is 0.0340. The number of benzene rings is 1. The number of ether oxygens (including phenoxy) is 2. The molecule has 0 saturated heterocycles. The second kappa shape index (κ2) is 7.74. The van der Waals surface area contributed by atoms with Gasteiger partial charge >= 0.3 is 6.36 Å². The van der Waals surface area contributed by atoms with Crippen LogP contribution in [-0.2, 0) is 0 Å². The van der Waals surface area contributed by atoms with Gasteiger partial charge in [0.15, 0.2) is 5.75 Å². The van der Waals surface area contributed by atoms with E-state index in [4.69, 9.17) is 22.1 Å². The van der Waals surface area contributed by atoms with E-state index in [1.54, 1.807) is 0 Å². The first-order valence-corrected chi connectivity index (χ1v) is 9.70. The lowest BCUT2D eigenvalue weighted by Crippen LogP contribution is -2.74. The number of nitrogens with two attached hydrogens (primary N) is 1. The van der Waals surface area contributed by atoms with Crippen LogP contribution in [0.1, 0.15) is 38.1 Å². The summed E-state index contributed by atoms with van der Waals surface area (Å²) in [5.74, 6) is -0.724. The Hall–Kier alpha value is -2.75. The van der Waals surface area contributed by atoms with Gasteiger partial charge in [0.25, 0.3) is 5.91 Å². The summed E-state index contributed by atoms with van der Waals surface area (Å²) in [6.07, 6.45) is -2.64. The van der Waals surface area contributed by atoms with Crippen molar-refractivity contribution in [3.8, 4) is 11.5 Å². The zero-order valence-corrected chi connectivity index (χ0v) is 18.0. The van der Waals surface area contributed by atoms with Crippen LogP contribution in [0.4, 0.5) is 18.9 Å². The quantitative estimate of drug-likeness (QED) is 0.514. The molecule has 1 aromatic heterocycles. The average molecular weight is 459 g/mol. The Morgan fingerprint density at radius 2 is 1.74 bits per heavy atom. The van der Waals surface area contributed by atoms with Gasteiger partial charge in [0.1, 0.15) is 11.9 Å². The Bertz CT molecular complexity index is 965. The van der Waals surface area contributed by atoms with Crippen molar-refractivity contribution in [3.05, 3.63) is 41.4 Å². The van der Waals surface area contributed by atoms with Gasteiger partial charge in [-0.05, 0) is 23.7 Å². The van der Waals surface area contributed by atoms with Gasteiger partial charge in [-0.1, -0.05) is 27.7 Å². The highest BCUT2D eigenvalue weighted by Crippen LogP contribution is 2.55. The number of nitrogens with one attached hydrogen (secondary N) is 1. The number of amides is 1. The third-order valence-corrected chi connectivity index (χ3v) is 5.66. The maximum Gasteiger partial charge on any atom is 0.573 e. The van der Waals surface area contributed by atoms with E-state index in [0.29, 0.717) is 0 Å². The molecule has 168 valence electrons. The maximum atomic E-state index is 12.6. The Kier molecular flexibility index (Phi) is 5.72. The molecule has 1 saturated carbocycles. The molecule has 7 nitrogen and oxygen atoms in total. The average Bonchev–Trinajstić information content (AvgIpc) is 2.65. The van der Waals surface area contributed by atoms with Gasteiger partial charge in [-0.25, -0.2) is 9.97 Å². The van der Waals surface area contributed by atoms with Gasteiger partial charge in [0.05, 0.1) is 11.3 Å². The van der Waals surface area contributed by atoms with Crippen molar-refractivity contribution in [1.82, 2.24) is 15.3 Å². The van der Waals surface area contributed by atoms with E-state index < -0.39 is 29.0 Å². The van der Waals surface area contributed by atoms with Crippen LogP contribution in [0, 0.1) is 10.8 Å². The van der Waals surface area contributed by atoms with E-state index in [2.05, 4.69) is 20.0 Å². The molecule has 0 bridgehead atoms. The Labute approximate surface area is 182 Å². The fourth-order valence-electron chi connectivity index (χ4n) is 4.38. The number of carbonyl (C=O) groups excluding carboxylic acids is 1. The standard InChI is InChI=1S/C20H22ClF3N4O3/c1-18(2)15(28-14(29)10-8-26-17(21)27-9-10)19(3,4)16(18)30-11-5-6-12(25)13(7-11)31-20(22,23)24/h5-9,15-16H,25H2,1-4H3,(H,28,29). The van der Waals surface area contributed by atoms with Gasteiger partial charge in [-0.3, -0.25) is 4.79 Å². The van der Waals surface area contributed by atoms with Crippen molar-refractivity contribution in [2.75, 3.05) is 5.73 Å².